The van der Waals surface area contributed by atoms with Crippen molar-refractivity contribution < 1.29 is 22.7 Å². The highest BCUT2D eigenvalue weighted by molar-refractivity contribution is 5.74. The molecule has 1 aromatic rings. The lowest BCUT2D eigenvalue weighted by molar-refractivity contribution is -0.137. The molecule has 1 N–H and O–H groups in total. The first-order valence-corrected chi connectivity index (χ1v) is 9.00. The van der Waals surface area contributed by atoms with Gasteiger partial charge in [-0.3, -0.25) is 0 Å². The van der Waals surface area contributed by atoms with Crippen LogP contribution < -0.4 is 0 Å². The number of halogens is 3. The number of hydrogen-bond donors (Lipinski definition) is 1. The Labute approximate surface area is 155 Å². The summed E-state index contributed by atoms with van der Waals surface area (Å²) in [6.07, 6.45) is -3.67. The summed E-state index contributed by atoms with van der Waals surface area (Å²) in [5, 5.41) is 3.47. The van der Waals surface area contributed by atoms with Gasteiger partial charge in [-0.25, -0.2) is 10.3 Å². The van der Waals surface area contributed by atoms with Crippen molar-refractivity contribution in [3.63, 3.8) is 0 Å². The highest BCUT2D eigenvalue weighted by atomic mass is 19.4. The second-order valence-corrected chi connectivity index (χ2v) is 7.05. The van der Waals surface area contributed by atoms with E-state index >= 15 is 0 Å². The summed E-state index contributed by atoms with van der Waals surface area (Å²) in [5.74, 6) is -0.0497. The van der Waals surface area contributed by atoms with E-state index < -0.39 is 11.7 Å². The minimum Gasteiger partial charge on any atom is -0.378 e. The van der Waals surface area contributed by atoms with Gasteiger partial charge in [0.2, 0.25) is 0 Å². The van der Waals surface area contributed by atoms with Gasteiger partial charge in [0, 0.05) is 32.1 Å². The van der Waals surface area contributed by atoms with Gasteiger partial charge in [0.05, 0.1) is 25.3 Å². The lowest BCUT2D eigenvalue weighted by atomic mass is 9.84. The van der Waals surface area contributed by atoms with Crippen LogP contribution in [0, 0.1) is 11.4 Å². The summed E-state index contributed by atoms with van der Waals surface area (Å²) in [6, 6.07) is 5.07. The van der Waals surface area contributed by atoms with Crippen LogP contribution in [-0.2, 0) is 10.9 Å². The third-order valence-electron chi connectivity index (χ3n) is 5.15. The first-order chi connectivity index (χ1) is 12.9. The number of nitrogens with one attached hydrogen (secondary N) is 1. The minimum absolute atomic E-state index is 0.0218. The third kappa shape index (κ3) is 4.77. The smallest absolute Gasteiger partial charge is 0.378 e. The molecule has 2 saturated heterocycles. The minimum atomic E-state index is -4.37. The maximum absolute atomic E-state index is 12.8. The highest BCUT2D eigenvalue weighted by Gasteiger charge is 2.34. The number of benzene rings is 1. The molecular formula is C18H23F3N4O2. The summed E-state index contributed by atoms with van der Waals surface area (Å²) in [5.41, 5.74) is 7.24. The van der Waals surface area contributed by atoms with Crippen molar-refractivity contribution in [1.29, 1.82) is 5.53 Å². The third-order valence-corrected chi connectivity index (χ3v) is 5.15. The number of alkyl halides is 3. The maximum atomic E-state index is 12.8. The topological polar surface area (TPSA) is 69.0 Å². The van der Waals surface area contributed by atoms with Gasteiger partial charge in [-0.05, 0) is 30.0 Å². The first-order valence-electron chi connectivity index (χ1n) is 9.00. The average molecular weight is 384 g/mol. The van der Waals surface area contributed by atoms with Crippen LogP contribution in [0.1, 0.15) is 23.5 Å². The number of carbonyl (C=O) groups excluding carboxylic acids is 1. The molecule has 6 nitrogen and oxygen atoms in total. The van der Waals surface area contributed by atoms with E-state index in [1.54, 1.807) is 9.80 Å². The van der Waals surface area contributed by atoms with Gasteiger partial charge in [0.1, 0.15) is 0 Å². The molecule has 0 bridgehead atoms. The van der Waals surface area contributed by atoms with Crippen LogP contribution in [0.2, 0.25) is 0 Å². The molecule has 0 radical (unpaired) electrons. The van der Waals surface area contributed by atoms with Crippen LogP contribution >= 0.6 is 0 Å². The molecule has 0 saturated carbocycles. The SMILES string of the molecule is N=NCC1CC(c2ccc(C(F)(F)F)cc2)CN(C(=O)N2CCOCC2)C1. The van der Waals surface area contributed by atoms with Crippen LogP contribution in [0.5, 0.6) is 0 Å². The second kappa shape index (κ2) is 8.24. The van der Waals surface area contributed by atoms with Crippen LogP contribution in [-0.4, -0.2) is 61.8 Å². The molecule has 2 fully saturated rings. The fraction of sp³-hybridized carbons (Fsp3) is 0.611. The van der Waals surface area contributed by atoms with Crippen molar-refractivity contribution in [2.45, 2.75) is 18.5 Å². The molecule has 2 amide bonds. The number of urea groups is 1. The lowest BCUT2D eigenvalue weighted by Gasteiger charge is -2.40. The van der Waals surface area contributed by atoms with Gasteiger partial charge in [0.25, 0.3) is 0 Å². The van der Waals surface area contributed by atoms with Crippen molar-refractivity contribution >= 4 is 6.03 Å². The number of ether oxygens (including phenoxy) is 1. The zero-order chi connectivity index (χ0) is 19.4. The molecule has 9 heteroatoms. The monoisotopic (exact) mass is 384 g/mol. The molecule has 1 aromatic carbocycles. The number of amides is 2. The van der Waals surface area contributed by atoms with Crippen LogP contribution in [0.3, 0.4) is 0 Å². The molecule has 2 atom stereocenters. The van der Waals surface area contributed by atoms with E-state index in [-0.39, 0.29) is 17.9 Å². The predicted molar refractivity (Wildman–Crippen MR) is 91.7 cm³/mol. The van der Waals surface area contributed by atoms with Gasteiger partial charge in [-0.2, -0.15) is 18.3 Å². The molecule has 2 aliphatic rings. The van der Waals surface area contributed by atoms with Gasteiger partial charge < -0.3 is 14.5 Å². The molecule has 0 aromatic heterocycles. The van der Waals surface area contributed by atoms with E-state index in [0.717, 1.165) is 17.7 Å². The molecule has 2 aliphatic heterocycles. The fourth-order valence-electron chi connectivity index (χ4n) is 3.76. The van der Waals surface area contributed by atoms with Crippen LogP contribution in [0.4, 0.5) is 18.0 Å². The van der Waals surface area contributed by atoms with Gasteiger partial charge >= 0.3 is 12.2 Å². The first kappa shape index (κ1) is 19.6. The van der Waals surface area contributed by atoms with Gasteiger partial charge in [-0.1, -0.05) is 12.1 Å². The Morgan fingerprint density at radius 2 is 1.81 bits per heavy atom. The lowest BCUT2D eigenvalue weighted by Crippen LogP contribution is -2.52. The molecule has 148 valence electrons. The predicted octanol–water partition coefficient (Wildman–Crippen LogP) is 3.59. The Morgan fingerprint density at radius 1 is 1.15 bits per heavy atom. The molecule has 0 spiro atoms. The summed E-state index contributed by atoms with van der Waals surface area (Å²) in [7, 11) is 0. The normalized spacial score (nSPS) is 24.0. The van der Waals surface area contributed by atoms with E-state index in [0.29, 0.717) is 52.4 Å². The summed E-state index contributed by atoms with van der Waals surface area (Å²) in [4.78, 5) is 16.3. The quantitative estimate of drug-likeness (QED) is 0.809. The summed E-state index contributed by atoms with van der Waals surface area (Å²) in [6.45, 7) is 3.36. The van der Waals surface area contributed by atoms with Crippen LogP contribution in [0.25, 0.3) is 0 Å². The van der Waals surface area contributed by atoms with E-state index in [4.69, 9.17) is 10.3 Å². The van der Waals surface area contributed by atoms with Crippen molar-refractivity contribution in [2.24, 2.45) is 11.0 Å². The van der Waals surface area contributed by atoms with E-state index in [9.17, 15) is 18.0 Å². The Morgan fingerprint density at radius 3 is 2.41 bits per heavy atom. The van der Waals surface area contributed by atoms with E-state index in [1.807, 2.05) is 0 Å². The van der Waals surface area contributed by atoms with Crippen molar-refractivity contribution in [1.82, 2.24) is 9.80 Å². The molecule has 2 unspecified atom stereocenters. The molecule has 2 heterocycles. The molecular weight excluding hydrogens is 361 g/mol. The fourth-order valence-corrected chi connectivity index (χ4v) is 3.76. The standard InChI is InChI=1S/C18H23F3N4O2/c19-18(20,21)16-3-1-14(2-4-16)15-9-13(10-23-22)11-25(12-15)17(26)24-5-7-27-8-6-24/h1-4,13,15,22H,5-12H2. The highest BCUT2D eigenvalue weighted by Crippen LogP contribution is 2.34. The molecule has 0 aliphatic carbocycles. The Bertz CT molecular complexity index is 660. The van der Waals surface area contributed by atoms with Crippen molar-refractivity contribution in [3.8, 4) is 0 Å². The second-order valence-electron chi connectivity index (χ2n) is 7.05. The number of likely N-dealkylation sites (tertiary alicyclic amines) is 1. The van der Waals surface area contributed by atoms with E-state index in [1.165, 1.54) is 12.1 Å². The van der Waals surface area contributed by atoms with Gasteiger partial charge in [0.15, 0.2) is 0 Å². The zero-order valence-corrected chi connectivity index (χ0v) is 14.9. The molecule has 27 heavy (non-hydrogen) atoms. The Balaban J connectivity index is 1.75. The Kier molecular flexibility index (Phi) is 5.98. The maximum Gasteiger partial charge on any atom is 0.416 e. The van der Waals surface area contributed by atoms with Crippen molar-refractivity contribution in [3.05, 3.63) is 35.4 Å². The number of carbonyl (C=O) groups is 1. The number of nitrogens with zero attached hydrogens (tertiary/aromatic N) is 3. The number of morpholine rings is 1. The number of piperidine rings is 1. The molecule has 3 rings (SSSR count). The number of hydrogen-bond acceptors (Lipinski definition) is 4. The zero-order valence-electron chi connectivity index (χ0n) is 14.9. The summed E-state index contributed by atoms with van der Waals surface area (Å²) >= 11 is 0. The number of rotatable bonds is 3. The van der Waals surface area contributed by atoms with E-state index in [2.05, 4.69) is 5.11 Å². The van der Waals surface area contributed by atoms with Gasteiger partial charge in [-0.15, -0.1) is 0 Å². The van der Waals surface area contributed by atoms with Crippen LogP contribution in [0.15, 0.2) is 29.4 Å². The average Bonchev–Trinajstić information content (AvgIpc) is 2.67. The largest absolute Gasteiger partial charge is 0.416 e. The Hall–Kier alpha value is -2.16. The van der Waals surface area contributed by atoms with Crippen molar-refractivity contribution in [2.75, 3.05) is 45.9 Å². The summed E-state index contributed by atoms with van der Waals surface area (Å²) < 4.78 is 43.7.